The number of methoxy groups -OCH3 is 1. The van der Waals surface area contributed by atoms with Crippen molar-refractivity contribution in [2.45, 2.75) is 6.04 Å². The third-order valence-electron chi connectivity index (χ3n) is 2.41. The van der Waals surface area contributed by atoms with Crippen molar-refractivity contribution in [3.63, 3.8) is 0 Å². The Morgan fingerprint density at radius 1 is 1.35 bits per heavy atom. The molecule has 0 spiro atoms. The van der Waals surface area contributed by atoms with Gasteiger partial charge in [0.1, 0.15) is 6.33 Å². The molecule has 0 saturated carbocycles. The Morgan fingerprint density at radius 3 is 2.88 bits per heavy atom. The third-order valence-corrected chi connectivity index (χ3v) is 2.41. The van der Waals surface area contributed by atoms with E-state index < -0.39 is 6.04 Å². The molecule has 0 saturated heterocycles. The van der Waals surface area contributed by atoms with Gasteiger partial charge in [-0.3, -0.25) is 4.98 Å². The van der Waals surface area contributed by atoms with Crippen LogP contribution in [0.1, 0.15) is 17.3 Å². The van der Waals surface area contributed by atoms with Crippen LogP contribution in [0.4, 0.5) is 5.69 Å². The minimum Gasteiger partial charge on any atom is -0.481 e. The average Bonchev–Trinajstić information content (AvgIpc) is 2.38. The van der Waals surface area contributed by atoms with Crippen LogP contribution in [0.3, 0.4) is 0 Å². The van der Waals surface area contributed by atoms with Crippen LogP contribution in [0.15, 0.2) is 30.9 Å². The van der Waals surface area contributed by atoms with Crippen molar-refractivity contribution in [1.29, 1.82) is 0 Å². The smallest absolute Gasteiger partial charge is 0.216 e. The van der Waals surface area contributed by atoms with Gasteiger partial charge in [-0.1, -0.05) is 0 Å². The monoisotopic (exact) mass is 231 g/mol. The van der Waals surface area contributed by atoms with Crippen molar-refractivity contribution >= 4 is 5.69 Å². The molecule has 6 heteroatoms. The number of nitrogen functional groups attached to an aromatic ring is 1. The van der Waals surface area contributed by atoms with Crippen molar-refractivity contribution in [1.82, 2.24) is 15.0 Å². The summed E-state index contributed by atoms with van der Waals surface area (Å²) in [4.78, 5) is 12.0. The summed E-state index contributed by atoms with van der Waals surface area (Å²) in [5.74, 6) is 0.466. The highest BCUT2D eigenvalue weighted by Gasteiger charge is 2.14. The summed E-state index contributed by atoms with van der Waals surface area (Å²) in [6.45, 7) is 0. The first-order chi connectivity index (χ1) is 8.22. The van der Waals surface area contributed by atoms with Crippen LogP contribution in [0.2, 0.25) is 0 Å². The maximum atomic E-state index is 6.07. The lowest BCUT2D eigenvalue weighted by atomic mass is 10.1. The maximum absolute atomic E-state index is 6.07. The molecule has 6 nitrogen and oxygen atoms in total. The molecule has 17 heavy (non-hydrogen) atoms. The molecule has 0 radical (unpaired) electrons. The topological polar surface area (TPSA) is 99.9 Å². The molecule has 1 unspecified atom stereocenters. The Balaban J connectivity index is 2.37. The van der Waals surface area contributed by atoms with Gasteiger partial charge >= 0.3 is 0 Å². The van der Waals surface area contributed by atoms with Crippen LogP contribution < -0.4 is 16.2 Å². The van der Waals surface area contributed by atoms with E-state index in [1.165, 1.54) is 13.4 Å². The van der Waals surface area contributed by atoms with Gasteiger partial charge in [-0.05, 0) is 6.07 Å². The molecule has 1 atom stereocenters. The second kappa shape index (κ2) is 4.75. The molecule has 2 rings (SSSR count). The van der Waals surface area contributed by atoms with E-state index in [1.54, 1.807) is 24.5 Å². The zero-order chi connectivity index (χ0) is 12.3. The third kappa shape index (κ3) is 2.31. The fraction of sp³-hybridized carbons (Fsp3) is 0.182. The highest BCUT2D eigenvalue weighted by Crippen LogP contribution is 2.23. The SMILES string of the molecule is COc1cc(C(N)c2cnccc2N)ncn1. The van der Waals surface area contributed by atoms with E-state index in [1.807, 2.05) is 0 Å². The van der Waals surface area contributed by atoms with Gasteiger partial charge in [0.05, 0.1) is 18.8 Å². The molecule has 2 heterocycles. The van der Waals surface area contributed by atoms with Crippen LogP contribution in [-0.4, -0.2) is 22.1 Å². The molecule has 0 aliphatic heterocycles. The van der Waals surface area contributed by atoms with E-state index >= 15 is 0 Å². The fourth-order valence-electron chi connectivity index (χ4n) is 1.47. The standard InChI is InChI=1S/C11H13N5O/c1-17-10-4-9(15-6-16-10)11(13)7-5-14-3-2-8(7)12/h2-6,11H,13H2,1H3,(H2,12,14). The highest BCUT2D eigenvalue weighted by atomic mass is 16.5. The zero-order valence-corrected chi connectivity index (χ0v) is 9.37. The number of nitrogens with two attached hydrogens (primary N) is 2. The van der Waals surface area contributed by atoms with Crippen LogP contribution >= 0.6 is 0 Å². The van der Waals surface area contributed by atoms with E-state index in [-0.39, 0.29) is 0 Å². The minimum atomic E-state index is -0.444. The van der Waals surface area contributed by atoms with Gasteiger partial charge in [0.15, 0.2) is 0 Å². The Morgan fingerprint density at radius 2 is 2.18 bits per heavy atom. The summed E-state index contributed by atoms with van der Waals surface area (Å²) >= 11 is 0. The number of hydrogen-bond donors (Lipinski definition) is 2. The summed E-state index contributed by atoms with van der Waals surface area (Å²) in [6, 6.07) is 2.94. The molecule has 0 aromatic carbocycles. The lowest BCUT2D eigenvalue weighted by Gasteiger charge is -2.13. The molecule has 4 N–H and O–H groups in total. The first-order valence-corrected chi connectivity index (χ1v) is 5.03. The van der Waals surface area contributed by atoms with Gasteiger partial charge in [0.25, 0.3) is 0 Å². The van der Waals surface area contributed by atoms with Crippen molar-refractivity contribution < 1.29 is 4.74 Å². The largest absolute Gasteiger partial charge is 0.481 e. The van der Waals surface area contributed by atoms with Crippen molar-refractivity contribution in [2.24, 2.45) is 5.73 Å². The van der Waals surface area contributed by atoms with Crippen LogP contribution in [0.25, 0.3) is 0 Å². The average molecular weight is 231 g/mol. The van der Waals surface area contributed by atoms with Gasteiger partial charge in [0, 0.05) is 29.7 Å². The summed E-state index contributed by atoms with van der Waals surface area (Å²) < 4.78 is 5.02. The van der Waals surface area contributed by atoms with E-state index in [9.17, 15) is 0 Å². The molecule has 2 aromatic rings. The molecule has 0 bridgehead atoms. The number of nitrogens with zero attached hydrogens (tertiary/aromatic N) is 3. The molecule has 0 amide bonds. The van der Waals surface area contributed by atoms with E-state index in [0.717, 1.165) is 5.56 Å². The van der Waals surface area contributed by atoms with Gasteiger partial charge < -0.3 is 16.2 Å². The van der Waals surface area contributed by atoms with E-state index in [2.05, 4.69) is 15.0 Å². The van der Waals surface area contributed by atoms with Gasteiger partial charge in [-0.2, -0.15) is 0 Å². The minimum absolute atomic E-state index is 0.444. The number of hydrogen-bond acceptors (Lipinski definition) is 6. The summed E-state index contributed by atoms with van der Waals surface area (Å²) in [5.41, 5.74) is 13.9. The van der Waals surface area contributed by atoms with Gasteiger partial charge in [-0.25, -0.2) is 9.97 Å². The quantitative estimate of drug-likeness (QED) is 0.798. The molecule has 88 valence electrons. The Kier molecular flexibility index (Phi) is 3.15. The first-order valence-electron chi connectivity index (χ1n) is 5.03. The second-order valence-corrected chi connectivity index (χ2v) is 3.47. The predicted octanol–water partition coefficient (Wildman–Crippen LogP) is 0.510. The zero-order valence-electron chi connectivity index (χ0n) is 9.37. The molecular formula is C11H13N5O. The predicted molar refractivity (Wildman–Crippen MR) is 63.3 cm³/mol. The summed E-state index contributed by atoms with van der Waals surface area (Å²) in [7, 11) is 1.54. The first kappa shape index (κ1) is 11.3. The Hall–Kier alpha value is -2.21. The molecule has 0 fully saturated rings. The van der Waals surface area contributed by atoms with Crippen LogP contribution in [0, 0.1) is 0 Å². The maximum Gasteiger partial charge on any atom is 0.216 e. The highest BCUT2D eigenvalue weighted by molar-refractivity contribution is 5.48. The Bertz CT molecular complexity index is 517. The number of rotatable bonds is 3. The number of aromatic nitrogens is 3. The van der Waals surface area contributed by atoms with Crippen molar-refractivity contribution in [3.8, 4) is 5.88 Å². The molecule has 2 aromatic heterocycles. The van der Waals surface area contributed by atoms with Gasteiger partial charge in [-0.15, -0.1) is 0 Å². The van der Waals surface area contributed by atoms with Crippen LogP contribution in [-0.2, 0) is 0 Å². The van der Waals surface area contributed by atoms with Crippen LogP contribution in [0.5, 0.6) is 5.88 Å². The summed E-state index contributed by atoms with van der Waals surface area (Å²) in [6.07, 6.45) is 4.65. The fourth-order valence-corrected chi connectivity index (χ4v) is 1.47. The molecular weight excluding hydrogens is 218 g/mol. The number of anilines is 1. The number of ether oxygens (including phenoxy) is 1. The second-order valence-electron chi connectivity index (χ2n) is 3.47. The Labute approximate surface area is 98.7 Å². The van der Waals surface area contributed by atoms with Crippen molar-refractivity contribution in [2.75, 3.05) is 12.8 Å². The molecule has 0 aliphatic rings. The van der Waals surface area contributed by atoms with E-state index in [4.69, 9.17) is 16.2 Å². The number of pyridine rings is 1. The van der Waals surface area contributed by atoms with Crippen molar-refractivity contribution in [3.05, 3.63) is 42.1 Å². The van der Waals surface area contributed by atoms with E-state index in [0.29, 0.717) is 17.3 Å². The normalized spacial score (nSPS) is 12.1. The molecule has 0 aliphatic carbocycles. The lowest BCUT2D eigenvalue weighted by Crippen LogP contribution is -2.16. The lowest BCUT2D eigenvalue weighted by molar-refractivity contribution is 0.395. The summed E-state index contributed by atoms with van der Waals surface area (Å²) in [5, 5.41) is 0. The van der Waals surface area contributed by atoms with Gasteiger partial charge in [0.2, 0.25) is 5.88 Å².